The summed E-state index contributed by atoms with van der Waals surface area (Å²) < 4.78 is 34.2. The third kappa shape index (κ3) is 3.45. The smallest absolute Gasteiger partial charge is 0.249 e. The van der Waals surface area contributed by atoms with Crippen molar-refractivity contribution in [2.75, 3.05) is 26.2 Å². The number of morpholine rings is 1. The van der Waals surface area contributed by atoms with E-state index in [1.807, 2.05) is 4.90 Å². The number of nitrogens with zero attached hydrogens (tertiary/aromatic N) is 2. The van der Waals surface area contributed by atoms with Crippen LogP contribution in [-0.4, -0.2) is 60.9 Å². The molecule has 2 heterocycles. The molecule has 1 aromatic rings. The first kappa shape index (κ1) is 19.4. The molecule has 1 aromatic carbocycles. The van der Waals surface area contributed by atoms with E-state index in [0.29, 0.717) is 37.4 Å². The Kier molecular flexibility index (Phi) is 4.90. The molecule has 1 spiro atoms. The molecule has 1 amide bonds. The Morgan fingerprint density at radius 3 is 2.26 bits per heavy atom. The number of rotatable bonds is 3. The van der Waals surface area contributed by atoms with Crippen LogP contribution >= 0.6 is 15.9 Å². The summed E-state index contributed by atoms with van der Waals surface area (Å²) in [5.74, 6) is 0.0627. The molecule has 0 radical (unpaired) electrons. The van der Waals surface area contributed by atoms with Crippen LogP contribution < -0.4 is 0 Å². The van der Waals surface area contributed by atoms with Gasteiger partial charge in [-0.25, -0.2) is 8.42 Å². The van der Waals surface area contributed by atoms with Gasteiger partial charge in [-0.2, -0.15) is 4.31 Å². The van der Waals surface area contributed by atoms with Crippen molar-refractivity contribution in [2.45, 2.75) is 55.1 Å². The van der Waals surface area contributed by atoms with Gasteiger partial charge in [-0.3, -0.25) is 4.79 Å². The maximum absolute atomic E-state index is 12.9. The van der Waals surface area contributed by atoms with Gasteiger partial charge in [-0.1, -0.05) is 15.9 Å². The summed E-state index contributed by atoms with van der Waals surface area (Å²) in [6.07, 6.45) is 4.47. The van der Waals surface area contributed by atoms with E-state index in [-0.39, 0.29) is 18.1 Å². The molecule has 4 rings (SSSR count). The molecule has 1 aliphatic carbocycles. The lowest BCUT2D eigenvalue weighted by Crippen LogP contribution is -2.65. The molecule has 1 saturated carbocycles. The summed E-state index contributed by atoms with van der Waals surface area (Å²) in [5, 5.41) is 0. The van der Waals surface area contributed by atoms with Gasteiger partial charge in [-0.15, -0.1) is 0 Å². The molecule has 3 fully saturated rings. The molecule has 2 saturated heterocycles. The molecular weight excluding hydrogens is 432 g/mol. The minimum atomic E-state index is -3.50. The summed E-state index contributed by atoms with van der Waals surface area (Å²) in [5.41, 5.74) is -0.466. The highest BCUT2D eigenvalue weighted by atomic mass is 79.9. The molecule has 0 atom stereocenters. The lowest BCUT2D eigenvalue weighted by molar-refractivity contribution is -0.185. The van der Waals surface area contributed by atoms with Crippen molar-refractivity contribution < 1.29 is 17.9 Å². The van der Waals surface area contributed by atoms with E-state index in [4.69, 9.17) is 4.74 Å². The summed E-state index contributed by atoms with van der Waals surface area (Å²) >= 11 is 3.34. The van der Waals surface area contributed by atoms with Crippen molar-refractivity contribution in [3.8, 4) is 0 Å². The summed E-state index contributed by atoms with van der Waals surface area (Å²) in [7, 11) is -3.50. The molecule has 0 aromatic heterocycles. The molecular formula is C19H25BrN2O4S. The monoisotopic (exact) mass is 456 g/mol. The minimum Gasteiger partial charge on any atom is -0.363 e. The van der Waals surface area contributed by atoms with Crippen LogP contribution in [0.4, 0.5) is 0 Å². The molecule has 8 heteroatoms. The van der Waals surface area contributed by atoms with Crippen molar-refractivity contribution >= 4 is 31.9 Å². The van der Waals surface area contributed by atoms with Crippen LogP contribution in [0.15, 0.2) is 33.6 Å². The maximum atomic E-state index is 12.9. The van der Waals surface area contributed by atoms with Crippen LogP contribution in [0, 0.1) is 0 Å². The highest BCUT2D eigenvalue weighted by molar-refractivity contribution is 9.10. The molecule has 6 nitrogen and oxygen atoms in total. The van der Waals surface area contributed by atoms with Crippen LogP contribution in [0.5, 0.6) is 0 Å². The minimum absolute atomic E-state index is 0.0471. The van der Waals surface area contributed by atoms with Crippen LogP contribution in [0.2, 0.25) is 0 Å². The Morgan fingerprint density at radius 2 is 1.70 bits per heavy atom. The second kappa shape index (κ2) is 6.83. The van der Waals surface area contributed by atoms with Gasteiger partial charge in [0, 0.05) is 23.1 Å². The fraction of sp³-hybridized carbons (Fsp3) is 0.632. The lowest BCUT2D eigenvalue weighted by atomic mass is 9.75. The fourth-order valence-corrected chi connectivity index (χ4v) is 6.06. The Labute approximate surface area is 169 Å². The predicted octanol–water partition coefficient (Wildman–Crippen LogP) is 2.77. The molecule has 0 unspecified atom stereocenters. The number of piperidine rings is 1. The molecule has 148 valence electrons. The first-order valence-electron chi connectivity index (χ1n) is 9.44. The second-order valence-corrected chi connectivity index (χ2v) is 11.0. The van der Waals surface area contributed by atoms with Gasteiger partial charge < -0.3 is 9.64 Å². The normalized spacial score (nSPS) is 25.4. The SMILES string of the molecule is CC1(N2CC3(CCN(S(=O)(=O)c4ccc(Br)cc4)CC3)OCC2=O)CCC1. The highest BCUT2D eigenvalue weighted by Crippen LogP contribution is 2.42. The highest BCUT2D eigenvalue weighted by Gasteiger charge is 2.50. The molecule has 2 aliphatic heterocycles. The van der Waals surface area contributed by atoms with Crippen LogP contribution in [-0.2, 0) is 19.6 Å². The van der Waals surface area contributed by atoms with Crippen molar-refractivity contribution in [2.24, 2.45) is 0 Å². The zero-order valence-electron chi connectivity index (χ0n) is 15.5. The molecule has 27 heavy (non-hydrogen) atoms. The Hall–Kier alpha value is -0.960. The first-order valence-corrected chi connectivity index (χ1v) is 11.7. The van der Waals surface area contributed by atoms with Gasteiger partial charge in [0.2, 0.25) is 15.9 Å². The zero-order chi connectivity index (χ0) is 19.3. The van der Waals surface area contributed by atoms with E-state index in [1.165, 1.54) is 4.31 Å². The van der Waals surface area contributed by atoms with Gasteiger partial charge in [0.25, 0.3) is 0 Å². The van der Waals surface area contributed by atoms with E-state index >= 15 is 0 Å². The molecule has 0 bridgehead atoms. The van der Waals surface area contributed by atoms with Crippen LogP contribution in [0.25, 0.3) is 0 Å². The van der Waals surface area contributed by atoms with Gasteiger partial charge >= 0.3 is 0 Å². The maximum Gasteiger partial charge on any atom is 0.249 e. The number of halogens is 1. The van der Waals surface area contributed by atoms with Crippen molar-refractivity contribution in [3.05, 3.63) is 28.7 Å². The fourth-order valence-electron chi connectivity index (χ4n) is 4.36. The number of hydrogen-bond donors (Lipinski definition) is 0. The predicted molar refractivity (Wildman–Crippen MR) is 105 cm³/mol. The average Bonchev–Trinajstić information content (AvgIpc) is 2.63. The lowest BCUT2D eigenvalue weighted by Gasteiger charge is -2.55. The molecule has 3 aliphatic rings. The van der Waals surface area contributed by atoms with Gasteiger partial charge in [0.1, 0.15) is 6.61 Å². The Morgan fingerprint density at radius 1 is 1.07 bits per heavy atom. The number of hydrogen-bond acceptors (Lipinski definition) is 4. The number of benzene rings is 1. The van der Waals surface area contributed by atoms with E-state index in [1.54, 1.807) is 24.3 Å². The van der Waals surface area contributed by atoms with E-state index < -0.39 is 15.6 Å². The summed E-state index contributed by atoms with van der Waals surface area (Å²) in [4.78, 5) is 14.7. The number of carbonyl (C=O) groups excluding carboxylic acids is 1. The summed E-state index contributed by atoms with van der Waals surface area (Å²) in [6.45, 7) is 3.67. The van der Waals surface area contributed by atoms with Crippen LogP contribution in [0.3, 0.4) is 0 Å². The molecule has 0 N–H and O–H groups in total. The summed E-state index contributed by atoms with van der Waals surface area (Å²) in [6, 6.07) is 6.73. The Balaban J connectivity index is 1.46. The van der Waals surface area contributed by atoms with Gasteiger partial charge in [0.15, 0.2) is 0 Å². The van der Waals surface area contributed by atoms with E-state index in [9.17, 15) is 13.2 Å². The van der Waals surface area contributed by atoms with Gasteiger partial charge in [0.05, 0.1) is 17.0 Å². The van der Waals surface area contributed by atoms with Gasteiger partial charge in [-0.05, 0) is 63.3 Å². The van der Waals surface area contributed by atoms with E-state index in [0.717, 1.165) is 23.7 Å². The van der Waals surface area contributed by atoms with Crippen molar-refractivity contribution in [3.63, 3.8) is 0 Å². The number of ether oxygens (including phenoxy) is 1. The van der Waals surface area contributed by atoms with Crippen molar-refractivity contribution in [1.29, 1.82) is 0 Å². The zero-order valence-corrected chi connectivity index (χ0v) is 17.9. The third-order valence-electron chi connectivity index (χ3n) is 6.42. The topological polar surface area (TPSA) is 66.9 Å². The quantitative estimate of drug-likeness (QED) is 0.700. The number of sulfonamides is 1. The average molecular weight is 457 g/mol. The number of amides is 1. The number of carbonyl (C=O) groups is 1. The van der Waals surface area contributed by atoms with Crippen molar-refractivity contribution in [1.82, 2.24) is 9.21 Å². The second-order valence-electron chi connectivity index (χ2n) is 8.16. The van der Waals surface area contributed by atoms with E-state index in [2.05, 4.69) is 22.9 Å². The largest absolute Gasteiger partial charge is 0.363 e. The standard InChI is InChI=1S/C19H25BrN2O4S/c1-18(7-2-8-18)22-14-19(26-13-17(22)23)9-11-21(12-10-19)27(24,25)16-5-3-15(20)4-6-16/h3-6H,2,7-14H2,1H3. The van der Waals surface area contributed by atoms with Crippen LogP contribution in [0.1, 0.15) is 39.0 Å². The first-order chi connectivity index (χ1) is 12.7. The third-order valence-corrected chi connectivity index (χ3v) is 8.86. The Bertz CT molecular complexity index is 828.